The van der Waals surface area contributed by atoms with E-state index in [1.165, 1.54) is 6.07 Å². The monoisotopic (exact) mass is 522 g/mol. The van der Waals surface area contributed by atoms with Crippen LogP contribution in [0.15, 0.2) is 29.3 Å². The zero-order chi connectivity index (χ0) is 20.0. The predicted octanol–water partition coefficient (Wildman–Crippen LogP) is 3.27. The van der Waals surface area contributed by atoms with Crippen molar-refractivity contribution >= 4 is 35.6 Å². The first-order valence-electron chi connectivity index (χ1n) is 10.3. The summed E-state index contributed by atoms with van der Waals surface area (Å²) in [5, 5.41) is 6.61. The number of hydrogen-bond acceptors (Lipinski definition) is 4. The van der Waals surface area contributed by atoms with E-state index in [0.29, 0.717) is 12.5 Å². The highest BCUT2D eigenvalue weighted by Gasteiger charge is 2.15. The largest absolute Gasteiger partial charge is 0.381 e. The van der Waals surface area contributed by atoms with Crippen molar-refractivity contribution in [3.05, 3.63) is 30.1 Å². The molecule has 1 aliphatic heterocycles. The molecule has 166 valence electrons. The molecule has 1 saturated heterocycles. The summed E-state index contributed by atoms with van der Waals surface area (Å²) in [4.78, 5) is 6.66. The van der Waals surface area contributed by atoms with Crippen LogP contribution < -0.4 is 15.5 Å². The van der Waals surface area contributed by atoms with E-state index in [9.17, 15) is 4.39 Å². The van der Waals surface area contributed by atoms with Crippen molar-refractivity contribution < 1.29 is 13.9 Å². The SMILES string of the molecule is CCNC(=NCCCN(C)c1cccc(F)c1)NCCCOCC1CCOC1.I. The molecule has 2 rings (SSSR count). The standard InChI is InChI=1S/C21H35FN4O2.HI/c1-3-23-21(25-11-6-13-27-16-18-9-14-28-17-18)24-10-5-12-26(2)20-8-4-7-19(22)15-20;/h4,7-8,15,18H,3,5-6,9-14,16-17H2,1-2H3,(H2,23,24,25);1H. The van der Waals surface area contributed by atoms with Gasteiger partial charge in [0.1, 0.15) is 5.82 Å². The number of nitrogens with zero attached hydrogens (tertiary/aromatic N) is 2. The molecule has 1 aromatic rings. The van der Waals surface area contributed by atoms with Crippen molar-refractivity contribution in [1.82, 2.24) is 10.6 Å². The van der Waals surface area contributed by atoms with Gasteiger partial charge in [-0.3, -0.25) is 4.99 Å². The smallest absolute Gasteiger partial charge is 0.191 e. The van der Waals surface area contributed by atoms with Crippen molar-refractivity contribution in [3.8, 4) is 0 Å². The molecule has 1 fully saturated rings. The molecule has 0 radical (unpaired) electrons. The number of benzene rings is 1. The van der Waals surface area contributed by atoms with Crippen LogP contribution in [-0.4, -0.2) is 65.6 Å². The number of nitrogens with one attached hydrogen (secondary N) is 2. The maximum absolute atomic E-state index is 13.3. The van der Waals surface area contributed by atoms with E-state index in [1.54, 1.807) is 12.1 Å². The molecule has 0 aromatic heterocycles. The quantitative estimate of drug-likeness (QED) is 0.191. The van der Waals surface area contributed by atoms with E-state index < -0.39 is 0 Å². The summed E-state index contributed by atoms with van der Waals surface area (Å²) in [6.45, 7) is 8.51. The van der Waals surface area contributed by atoms with Gasteiger partial charge in [-0.2, -0.15) is 0 Å². The number of halogens is 2. The van der Waals surface area contributed by atoms with Gasteiger partial charge in [0.05, 0.1) is 13.2 Å². The highest BCUT2D eigenvalue weighted by atomic mass is 127. The topological polar surface area (TPSA) is 58.1 Å². The number of anilines is 1. The third kappa shape index (κ3) is 11.0. The van der Waals surface area contributed by atoms with Crippen LogP contribution in [0.3, 0.4) is 0 Å². The van der Waals surface area contributed by atoms with Gasteiger partial charge in [0, 0.05) is 58.0 Å². The van der Waals surface area contributed by atoms with Gasteiger partial charge in [-0.15, -0.1) is 24.0 Å². The molecule has 1 atom stereocenters. The molecule has 0 amide bonds. The van der Waals surface area contributed by atoms with Crippen molar-refractivity contribution in [2.75, 3.05) is 64.6 Å². The lowest BCUT2D eigenvalue weighted by Gasteiger charge is -2.19. The molecule has 0 bridgehead atoms. The van der Waals surface area contributed by atoms with E-state index in [2.05, 4.69) is 22.5 Å². The molecule has 1 heterocycles. The number of hydrogen-bond donors (Lipinski definition) is 2. The van der Waals surface area contributed by atoms with Crippen molar-refractivity contribution in [2.45, 2.75) is 26.2 Å². The van der Waals surface area contributed by atoms with Crippen LogP contribution in [0.25, 0.3) is 0 Å². The van der Waals surface area contributed by atoms with Crippen molar-refractivity contribution in [1.29, 1.82) is 0 Å². The Kier molecular flexibility index (Phi) is 14.0. The van der Waals surface area contributed by atoms with Crippen molar-refractivity contribution in [2.24, 2.45) is 10.9 Å². The molecule has 0 spiro atoms. The average molecular weight is 522 g/mol. The van der Waals surface area contributed by atoms with Gasteiger partial charge in [0.15, 0.2) is 5.96 Å². The summed E-state index contributed by atoms with van der Waals surface area (Å²) in [7, 11) is 1.97. The highest BCUT2D eigenvalue weighted by molar-refractivity contribution is 14.0. The second kappa shape index (κ2) is 15.7. The van der Waals surface area contributed by atoms with Gasteiger partial charge in [-0.25, -0.2) is 4.39 Å². The van der Waals surface area contributed by atoms with Gasteiger partial charge >= 0.3 is 0 Å². The Balaban J connectivity index is 0.00000420. The van der Waals surface area contributed by atoms with Crippen molar-refractivity contribution in [3.63, 3.8) is 0 Å². The van der Waals surface area contributed by atoms with E-state index in [0.717, 1.165) is 77.0 Å². The maximum Gasteiger partial charge on any atom is 0.191 e. The fourth-order valence-electron chi connectivity index (χ4n) is 3.03. The lowest BCUT2D eigenvalue weighted by Crippen LogP contribution is -2.38. The molecule has 0 aliphatic carbocycles. The first-order chi connectivity index (χ1) is 13.7. The number of ether oxygens (including phenoxy) is 2. The minimum Gasteiger partial charge on any atom is -0.381 e. The van der Waals surface area contributed by atoms with Gasteiger partial charge < -0.3 is 25.0 Å². The normalized spacial score (nSPS) is 16.4. The van der Waals surface area contributed by atoms with Crippen LogP contribution in [0.1, 0.15) is 26.2 Å². The Labute approximate surface area is 191 Å². The Morgan fingerprint density at radius 3 is 2.93 bits per heavy atom. The molecular formula is C21H36FIN4O2. The molecule has 0 saturated carbocycles. The van der Waals surface area contributed by atoms with Crippen LogP contribution in [-0.2, 0) is 9.47 Å². The zero-order valence-corrected chi connectivity index (χ0v) is 20.0. The molecule has 8 heteroatoms. The van der Waals surface area contributed by atoms with Gasteiger partial charge in [0.2, 0.25) is 0 Å². The van der Waals surface area contributed by atoms with E-state index in [-0.39, 0.29) is 29.8 Å². The van der Waals surface area contributed by atoms with Gasteiger partial charge in [-0.1, -0.05) is 6.07 Å². The zero-order valence-electron chi connectivity index (χ0n) is 17.7. The Morgan fingerprint density at radius 2 is 2.21 bits per heavy atom. The maximum atomic E-state index is 13.3. The summed E-state index contributed by atoms with van der Waals surface area (Å²) in [5.74, 6) is 1.19. The minimum absolute atomic E-state index is 0. The summed E-state index contributed by atoms with van der Waals surface area (Å²) < 4.78 is 24.4. The molecule has 29 heavy (non-hydrogen) atoms. The summed E-state index contributed by atoms with van der Waals surface area (Å²) >= 11 is 0. The summed E-state index contributed by atoms with van der Waals surface area (Å²) in [5.41, 5.74) is 0.887. The second-order valence-electron chi connectivity index (χ2n) is 7.10. The molecule has 2 N–H and O–H groups in total. The first kappa shape index (κ1) is 25.9. The molecule has 1 aromatic carbocycles. The molecule has 1 aliphatic rings. The van der Waals surface area contributed by atoms with Crippen LogP contribution in [0.2, 0.25) is 0 Å². The van der Waals surface area contributed by atoms with Crippen LogP contribution in [0, 0.1) is 11.7 Å². The summed E-state index contributed by atoms with van der Waals surface area (Å²) in [6.07, 6.45) is 2.96. The molecule has 1 unspecified atom stereocenters. The van der Waals surface area contributed by atoms with Crippen LogP contribution >= 0.6 is 24.0 Å². The van der Waals surface area contributed by atoms with E-state index >= 15 is 0 Å². The van der Waals surface area contributed by atoms with E-state index in [1.807, 2.05) is 18.0 Å². The van der Waals surface area contributed by atoms with Crippen LogP contribution in [0.4, 0.5) is 10.1 Å². The average Bonchev–Trinajstić information content (AvgIpc) is 3.21. The molecular weight excluding hydrogens is 486 g/mol. The fraction of sp³-hybridized carbons (Fsp3) is 0.667. The third-order valence-electron chi connectivity index (χ3n) is 4.65. The third-order valence-corrected chi connectivity index (χ3v) is 4.65. The number of aliphatic imine (C=N–C) groups is 1. The van der Waals surface area contributed by atoms with E-state index in [4.69, 9.17) is 9.47 Å². The first-order valence-corrected chi connectivity index (χ1v) is 10.3. The lowest BCUT2D eigenvalue weighted by atomic mass is 10.1. The number of rotatable bonds is 12. The van der Waals surface area contributed by atoms with Crippen LogP contribution in [0.5, 0.6) is 0 Å². The Bertz CT molecular complexity index is 586. The van der Waals surface area contributed by atoms with Gasteiger partial charge in [-0.05, 0) is 44.4 Å². The number of guanidine groups is 1. The minimum atomic E-state index is -0.207. The predicted molar refractivity (Wildman–Crippen MR) is 128 cm³/mol. The summed E-state index contributed by atoms with van der Waals surface area (Å²) in [6, 6.07) is 6.67. The highest BCUT2D eigenvalue weighted by Crippen LogP contribution is 2.14. The Hall–Kier alpha value is -1.13. The lowest BCUT2D eigenvalue weighted by molar-refractivity contribution is 0.0888. The Morgan fingerprint density at radius 1 is 1.34 bits per heavy atom. The van der Waals surface area contributed by atoms with Gasteiger partial charge in [0.25, 0.3) is 0 Å². The second-order valence-corrected chi connectivity index (χ2v) is 7.10. The fourth-order valence-corrected chi connectivity index (χ4v) is 3.03. The molecule has 6 nitrogen and oxygen atoms in total.